The third-order valence-corrected chi connectivity index (χ3v) is 9.34. The van der Waals surface area contributed by atoms with Gasteiger partial charge in [-0.25, -0.2) is 13.6 Å². The number of hydrogen-bond acceptors (Lipinski definition) is 5. The summed E-state index contributed by atoms with van der Waals surface area (Å²) in [7, 11) is -8.08. The second-order valence-corrected chi connectivity index (χ2v) is 12.7. The molecule has 0 heterocycles. The largest absolute Gasteiger partial charge is 0.369 e. The minimum atomic E-state index is -4.22. The molecule has 8 nitrogen and oxygen atoms in total. The normalized spacial score (nSPS) is 12.6. The van der Waals surface area contributed by atoms with Crippen LogP contribution in [0.15, 0.2) is 97.9 Å². The van der Waals surface area contributed by atoms with E-state index in [9.17, 15) is 16.8 Å². The summed E-state index contributed by atoms with van der Waals surface area (Å²) < 4.78 is 53.1. The molecule has 12 heteroatoms. The van der Waals surface area contributed by atoms with Crippen molar-refractivity contribution in [3.8, 4) is 0 Å². The van der Waals surface area contributed by atoms with E-state index in [1.165, 1.54) is 42.1 Å². The summed E-state index contributed by atoms with van der Waals surface area (Å²) >= 11 is 7.67. The first-order chi connectivity index (χ1) is 17.4. The van der Waals surface area contributed by atoms with Gasteiger partial charge < -0.3 is 11.1 Å². The number of fused-ring (bicyclic) bond motifs is 1. The Morgan fingerprint density at radius 1 is 0.973 bits per heavy atom. The minimum absolute atomic E-state index is 0.0195. The predicted octanol–water partition coefficient (Wildman–Crippen LogP) is 4.86. The standard InChI is InChI=1S/C25H23ClN4O4S3/c1-16-13-24(37(33,34)30-25(27)29-19-9-11-20(12-10-19)36(28,31)32)23(14-22(16)26)35-15-18-7-4-6-17-5-2-3-8-21(17)18/h2-14H,15H2,1H3,(H3,27,29,30)(H2,28,31,32). The average Bonchev–Trinajstić information content (AvgIpc) is 2.83. The first-order valence-electron chi connectivity index (χ1n) is 10.8. The van der Waals surface area contributed by atoms with Gasteiger partial charge >= 0.3 is 0 Å². The fourth-order valence-electron chi connectivity index (χ4n) is 3.60. The molecule has 0 radical (unpaired) electrons. The molecule has 0 fully saturated rings. The number of primary sulfonamides is 1. The van der Waals surface area contributed by atoms with Crippen LogP contribution in [0.3, 0.4) is 0 Å². The highest BCUT2D eigenvalue weighted by atomic mass is 35.5. The Kier molecular flexibility index (Phi) is 7.81. The highest BCUT2D eigenvalue weighted by Gasteiger charge is 2.21. The fourth-order valence-corrected chi connectivity index (χ4v) is 6.85. The molecule has 0 atom stereocenters. The average molecular weight is 575 g/mol. The molecular weight excluding hydrogens is 552 g/mol. The second-order valence-electron chi connectivity index (χ2n) is 8.12. The van der Waals surface area contributed by atoms with Crippen LogP contribution in [0, 0.1) is 6.92 Å². The van der Waals surface area contributed by atoms with E-state index >= 15 is 0 Å². The molecule has 4 aromatic carbocycles. The molecule has 0 unspecified atom stereocenters. The highest BCUT2D eigenvalue weighted by Crippen LogP contribution is 2.35. The molecule has 192 valence electrons. The lowest BCUT2D eigenvalue weighted by Crippen LogP contribution is -2.24. The first-order valence-corrected chi connectivity index (χ1v) is 15.2. The Morgan fingerprint density at radius 2 is 1.65 bits per heavy atom. The number of hydrogen-bond donors (Lipinski definition) is 3. The lowest BCUT2D eigenvalue weighted by molar-refractivity contribution is 0.595. The number of thioether (sulfide) groups is 1. The van der Waals surface area contributed by atoms with Crippen LogP contribution in [0.5, 0.6) is 0 Å². The summed E-state index contributed by atoms with van der Waals surface area (Å²) in [5.74, 6) is 0.123. The van der Waals surface area contributed by atoms with E-state index in [0.29, 0.717) is 26.9 Å². The van der Waals surface area contributed by atoms with Gasteiger partial charge in [0.05, 0.1) is 4.90 Å². The lowest BCUT2D eigenvalue weighted by atomic mass is 10.1. The van der Waals surface area contributed by atoms with Crippen molar-refractivity contribution in [3.63, 3.8) is 0 Å². The van der Waals surface area contributed by atoms with Gasteiger partial charge in [-0.15, -0.1) is 16.2 Å². The molecule has 0 aliphatic carbocycles. The van der Waals surface area contributed by atoms with Crippen LogP contribution < -0.4 is 16.2 Å². The molecule has 0 aromatic heterocycles. The van der Waals surface area contributed by atoms with Crippen LogP contribution in [0.2, 0.25) is 5.02 Å². The van der Waals surface area contributed by atoms with Crippen LogP contribution in [0.4, 0.5) is 5.69 Å². The van der Waals surface area contributed by atoms with Gasteiger partial charge in [0.1, 0.15) is 4.90 Å². The zero-order valence-electron chi connectivity index (χ0n) is 19.6. The van der Waals surface area contributed by atoms with Gasteiger partial charge in [-0.05, 0) is 65.2 Å². The van der Waals surface area contributed by atoms with Gasteiger partial charge in [0.2, 0.25) is 16.0 Å². The molecule has 0 bridgehead atoms. The number of sulfonamides is 2. The summed E-state index contributed by atoms with van der Waals surface area (Å²) in [6.07, 6.45) is 0. The molecule has 0 spiro atoms. The molecule has 0 aliphatic heterocycles. The molecule has 0 amide bonds. The number of aryl methyl sites for hydroxylation is 1. The summed E-state index contributed by atoms with van der Waals surface area (Å²) in [5, 5.41) is 10.4. The predicted molar refractivity (Wildman–Crippen MR) is 150 cm³/mol. The van der Waals surface area contributed by atoms with Crippen molar-refractivity contribution < 1.29 is 16.8 Å². The van der Waals surface area contributed by atoms with E-state index in [-0.39, 0.29) is 15.8 Å². The number of anilines is 1. The Morgan fingerprint density at radius 3 is 2.35 bits per heavy atom. The maximum absolute atomic E-state index is 13.3. The van der Waals surface area contributed by atoms with Crippen molar-refractivity contribution in [2.75, 3.05) is 5.32 Å². The zero-order chi connectivity index (χ0) is 26.8. The molecular formula is C25H23ClN4O4S3. The quantitative estimate of drug-likeness (QED) is 0.162. The number of halogens is 1. The van der Waals surface area contributed by atoms with Crippen molar-refractivity contribution in [2.24, 2.45) is 15.3 Å². The van der Waals surface area contributed by atoms with Crippen molar-refractivity contribution >= 4 is 65.8 Å². The van der Waals surface area contributed by atoms with Gasteiger partial charge in [-0.1, -0.05) is 54.1 Å². The van der Waals surface area contributed by atoms with Crippen molar-refractivity contribution in [3.05, 3.63) is 95.0 Å². The smallest absolute Gasteiger partial charge is 0.286 e. The van der Waals surface area contributed by atoms with Gasteiger partial charge in [-0.2, -0.15) is 8.42 Å². The van der Waals surface area contributed by atoms with Crippen LogP contribution in [-0.4, -0.2) is 22.8 Å². The molecule has 0 saturated heterocycles. The molecule has 37 heavy (non-hydrogen) atoms. The summed E-state index contributed by atoms with van der Waals surface area (Å²) in [6, 6.07) is 22.4. The number of nitrogens with one attached hydrogen (secondary N) is 1. The molecule has 0 saturated carbocycles. The van der Waals surface area contributed by atoms with E-state index < -0.39 is 20.0 Å². The van der Waals surface area contributed by atoms with Crippen LogP contribution in [0.25, 0.3) is 10.8 Å². The van der Waals surface area contributed by atoms with E-state index in [1.54, 1.807) is 13.0 Å². The van der Waals surface area contributed by atoms with Crippen molar-refractivity contribution in [1.82, 2.24) is 0 Å². The summed E-state index contributed by atoms with van der Waals surface area (Å²) in [5.41, 5.74) is 7.85. The Balaban J connectivity index is 1.62. The van der Waals surface area contributed by atoms with E-state index in [2.05, 4.69) is 9.71 Å². The Bertz CT molecular complexity index is 1720. The monoisotopic (exact) mass is 574 g/mol. The van der Waals surface area contributed by atoms with Crippen LogP contribution in [-0.2, 0) is 25.8 Å². The number of rotatable bonds is 7. The summed E-state index contributed by atoms with van der Waals surface area (Å²) in [6.45, 7) is 1.71. The molecule has 4 rings (SSSR count). The molecule has 5 N–H and O–H groups in total. The van der Waals surface area contributed by atoms with Crippen molar-refractivity contribution in [2.45, 2.75) is 27.4 Å². The molecule has 4 aromatic rings. The van der Waals surface area contributed by atoms with Gasteiger partial charge in [0.25, 0.3) is 10.0 Å². The third-order valence-electron chi connectivity index (χ3n) is 5.44. The topological polar surface area (TPSA) is 145 Å². The second kappa shape index (κ2) is 10.7. The lowest BCUT2D eigenvalue weighted by Gasteiger charge is -2.12. The molecule has 0 aliphatic rings. The SMILES string of the molecule is Cc1cc(S(=O)(=O)N=C(N)Nc2ccc(S(N)(=O)=O)cc2)c(SCc2cccc3ccccc23)cc1Cl. The fraction of sp³-hybridized carbons (Fsp3) is 0.0800. The van der Waals surface area contributed by atoms with Crippen LogP contribution >= 0.6 is 23.4 Å². The Labute approximate surface area is 224 Å². The van der Waals surface area contributed by atoms with E-state index in [0.717, 1.165) is 16.3 Å². The number of nitrogens with two attached hydrogens (primary N) is 2. The number of guanidine groups is 1. The van der Waals surface area contributed by atoms with E-state index in [1.807, 2.05) is 42.5 Å². The van der Waals surface area contributed by atoms with Gasteiger partial charge in [0, 0.05) is 21.4 Å². The van der Waals surface area contributed by atoms with Crippen molar-refractivity contribution in [1.29, 1.82) is 0 Å². The van der Waals surface area contributed by atoms with Crippen LogP contribution in [0.1, 0.15) is 11.1 Å². The Hall–Kier alpha value is -3.09. The highest BCUT2D eigenvalue weighted by molar-refractivity contribution is 7.99. The third kappa shape index (κ3) is 6.43. The maximum atomic E-state index is 13.3. The first kappa shape index (κ1) is 27.0. The van der Waals surface area contributed by atoms with Gasteiger partial charge in [-0.3, -0.25) is 0 Å². The number of benzene rings is 4. The van der Waals surface area contributed by atoms with E-state index in [4.69, 9.17) is 22.5 Å². The minimum Gasteiger partial charge on any atom is -0.369 e. The zero-order valence-corrected chi connectivity index (χ0v) is 22.8. The van der Waals surface area contributed by atoms with Gasteiger partial charge in [0.15, 0.2) is 0 Å². The summed E-state index contributed by atoms with van der Waals surface area (Å²) in [4.78, 5) is 0.331. The maximum Gasteiger partial charge on any atom is 0.286 e. The number of nitrogens with zero attached hydrogens (tertiary/aromatic N) is 1.